The van der Waals surface area contributed by atoms with Crippen molar-refractivity contribution in [1.29, 1.82) is 0 Å². The smallest absolute Gasteiger partial charge is 0.120 e. The monoisotopic (exact) mass is 208 g/mol. The molecule has 1 fully saturated rings. The van der Waals surface area contributed by atoms with Crippen molar-refractivity contribution >= 4 is 6.29 Å². The largest absolute Gasteiger partial charge is 0.393 e. The summed E-state index contributed by atoms with van der Waals surface area (Å²) < 4.78 is 0. The van der Waals surface area contributed by atoms with E-state index in [1.165, 1.54) is 5.57 Å². The first kappa shape index (κ1) is 12.2. The zero-order valence-corrected chi connectivity index (χ0v) is 9.62. The van der Waals surface area contributed by atoms with Gasteiger partial charge in [0.05, 0.1) is 6.10 Å². The summed E-state index contributed by atoms with van der Waals surface area (Å²) in [6, 6.07) is 0. The number of aliphatic hydroxyl groups is 1. The Labute approximate surface area is 91.7 Å². The SMILES string of the molecule is C=C1CC(O)CC(C)(C)/C1=C/CCC=O. The van der Waals surface area contributed by atoms with Crippen molar-refractivity contribution in [2.45, 2.75) is 45.6 Å². The molecule has 1 aliphatic rings. The van der Waals surface area contributed by atoms with E-state index in [1.54, 1.807) is 0 Å². The van der Waals surface area contributed by atoms with E-state index in [4.69, 9.17) is 0 Å². The minimum absolute atomic E-state index is 0.0162. The fourth-order valence-electron chi connectivity index (χ4n) is 2.36. The first-order chi connectivity index (χ1) is 6.97. The second-order valence-electron chi connectivity index (χ2n) is 4.91. The summed E-state index contributed by atoms with van der Waals surface area (Å²) in [5, 5.41) is 9.66. The van der Waals surface area contributed by atoms with E-state index in [9.17, 15) is 9.90 Å². The van der Waals surface area contributed by atoms with Crippen LogP contribution in [0.25, 0.3) is 0 Å². The van der Waals surface area contributed by atoms with E-state index in [2.05, 4.69) is 26.5 Å². The van der Waals surface area contributed by atoms with Crippen LogP contribution in [0.5, 0.6) is 0 Å². The van der Waals surface area contributed by atoms with Crippen molar-refractivity contribution in [2.24, 2.45) is 5.41 Å². The molecule has 84 valence electrons. The molecule has 1 saturated carbocycles. The van der Waals surface area contributed by atoms with Crippen LogP contribution in [-0.4, -0.2) is 17.5 Å². The Morgan fingerprint density at radius 3 is 2.73 bits per heavy atom. The quantitative estimate of drug-likeness (QED) is 0.572. The highest BCUT2D eigenvalue weighted by molar-refractivity contribution is 5.50. The van der Waals surface area contributed by atoms with Crippen molar-refractivity contribution in [3.8, 4) is 0 Å². The van der Waals surface area contributed by atoms with Gasteiger partial charge in [0.15, 0.2) is 0 Å². The summed E-state index contributed by atoms with van der Waals surface area (Å²) >= 11 is 0. The Kier molecular flexibility index (Phi) is 3.86. The molecule has 0 amide bonds. The molecule has 1 N–H and O–H groups in total. The van der Waals surface area contributed by atoms with Crippen molar-refractivity contribution in [3.05, 3.63) is 23.8 Å². The van der Waals surface area contributed by atoms with Gasteiger partial charge >= 0.3 is 0 Å². The minimum atomic E-state index is -0.268. The van der Waals surface area contributed by atoms with E-state index in [-0.39, 0.29) is 11.5 Å². The maximum atomic E-state index is 10.2. The number of aliphatic hydroxyl groups excluding tert-OH is 1. The number of rotatable bonds is 3. The molecular weight excluding hydrogens is 188 g/mol. The van der Waals surface area contributed by atoms with Gasteiger partial charge in [-0.05, 0) is 35.8 Å². The molecule has 0 aromatic heterocycles. The van der Waals surface area contributed by atoms with Gasteiger partial charge in [0.25, 0.3) is 0 Å². The number of allylic oxidation sites excluding steroid dienone is 2. The van der Waals surface area contributed by atoms with Gasteiger partial charge in [-0.3, -0.25) is 0 Å². The molecule has 1 aliphatic carbocycles. The molecule has 0 aromatic rings. The Balaban J connectivity index is 2.79. The van der Waals surface area contributed by atoms with E-state index >= 15 is 0 Å². The fourth-order valence-corrected chi connectivity index (χ4v) is 2.36. The van der Waals surface area contributed by atoms with Gasteiger partial charge in [0, 0.05) is 6.42 Å². The highest BCUT2D eigenvalue weighted by Crippen LogP contribution is 2.42. The summed E-state index contributed by atoms with van der Waals surface area (Å²) in [7, 11) is 0. The topological polar surface area (TPSA) is 37.3 Å². The van der Waals surface area contributed by atoms with E-state index in [1.807, 2.05) is 0 Å². The third-order valence-corrected chi connectivity index (χ3v) is 2.97. The van der Waals surface area contributed by atoms with E-state index in [0.29, 0.717) is 12.8 Å². The van der Waals surface area contributed by atoms with Gasteiger partial charge < -0.3 is 9.90 Å². The van der Waals surface area contributed by atoms with Crippen LogP contribution < -0.4 is 0 Å². The van der Waals surface area contributed by atoms with Gasteiger partial charge in [0.2, 0.25) is 0 Å². The molecule has 0 saturated heterocycles. The van der Waals surface area contributed by atoms with Crippen molar-refractivity contribution in [1.82, 2.24) is 0 Å². The average molecular weight is 208 g/mol. The van der Waals surface area contributed by atoms with Crippen LogP contribution >= 0.6 is 0 Å². The first-order valence-electron chi connectivity index (χ1n) is 5.48. The summed E-state index contributed by atoms with van der Waals surface area (Å²) in [6.07, 6.45) is 5.55. The molecular formula is C13H20O2. The highest BCUT2D eigenvalue weighted by atomic mass is 16.3. The zero-order valence-electron chi connectivity index (χ0n) is 9.62. The van der Waals surface area contributed by atoms with Crippen LogP contribution in [0.1, 0.15) is 39.5 Å². The van der Waals surface area contributed by atoms with Crippen molar-refractivity contribution in [3.63, 3.8) is 0 Å². The van der Waals surface area contributed by atoms with Crippen LogP contribution in [0.4, 0.5) is 0 Å². The lowest BCUT2D eigenvalue weighted by atomic mass is 9.69. The predicted octanol–water partition coefficient (Wildman–Crippen LogP) is 2.63. The molecule has 0 bridgehead atoms. The van der Waals surface area contributed by atoms with Crippen LogP contribution in [0.15, 0.2) is 23.8 Å². The number of unbranched alkanes of at least 4 members (excludes halogenated alkanes) is 1. The molecule has 15 heavy (non-hydrogen) atoms. The summed E-state index contributed by atoms with van der Waals surface area (Å²) in [5.41, 5.74) is 2.22. The number of carbonyl (C=O) groups excluding carboxylic acids is 1. The van der Waals surface area contributed by atoms with Crippen molar-refractivity contribution < 1.29 is 9.90 Å². The Hall–Kier alpha value is -0.890. The third-order valence-electron chi connectivity index (χ3n) is 2.97. The van der Waals surface area contributed by atoms with Crippen LogP contribution in [0, 0.1) is 5.41 Å². The Morgan fingerprint density at radius 2 is 2.20 bits per heavy atom. The normalized spacial score (nSPS) is 28.1. The minimum Gasteiger partial charge on any atom is -0.393 e. The molecule has 2 nitrogen and oxygen atoms in total. The molecule has 0 aromatic carbocycles. The van der Waals surface area contributed by atoms with Crippen LogP contribution in [0.2, 0.25) is 0 Å². The third kappa shape index (κ3) is 3.03. The molecule has 0 heterocycles. The predicted molar refractivity (Wildman–Crippen MR) is 61.5 cm³/mol. The second kappa shape index (κ2) is 4.75. The van der Waals surface area contributed by atoms with Crippen LogP contribution in [0.3, 0.4) is 0 Å². The second-order valence-corrected chi connectivity index (χ2v) is 4.91. The van der Waals surface area contributed by atoms with Gasteiger partial charge in [-0.15, -0.1) is 0 Å². The summed E-state index contributed by atoms with van der Waals surface area (Å²) in [5.74, 6) is 0. The lowest BCUT2D eigenvalue weighted by Gasteiger charge is -2.37. The zero-order chi connectivity index (χ0) is 11.5. The Morgan fingerprint density at radius 1 is 1.53 bits per heavy atom. The molecule has 0 spiro atoms. The molecule has 0 radical (unpaired) electrons. The maximum Gasteiger partial charge on any atom is 0.120 e. The van der Waals surface area contributed by atoms with Gasteiger partial charge in [0.1, 0.15) is 6.29 Å². The highest BCUT2D eigenvalue weighted by Gasteiger charge is 2.33. The van der Waals surface area contributed by atoms with Gasteiger partial charge in [-0.25, -0.2) is 0 Å². The van der Waals surface area contributed by atoms with E-state index < -0.39 is 0 Å². The maximum absolute atomic E-state index is 10.2. The standard InChI is InChI=1S/C13H20O2/c1-10-8-11(15)9-13(2,3)12(10)6-4-5-7-14/h6-7,11,15H,1,4-5,8-9H2,2-3H3/b12-6+. The number of hydrogen-bond donors (Lipinski definition) is 1. The van der Waals surface area contributed by atoms with Crippen molar-refractivity contribution in [2.75, 3.05) is 0 Å². The summed E-state index contributed by atoms with van der Waals surface area (Å²) in [4.78, 5) is 10.2. The fraction of sp³-hybridized carbons (Fsp3) is 0.615. The number of aldehydes is 1. The Bertz CT molecular complexity index is 287. The molecule has 1 unspecified atom stereocenters. The summed E-state index contributed by atoms with van der Waals surface area (Å²) in [6.45, 7) is 8.24. The molecule has 1 rings (SSSR count). The average Bonchev–Trinajstić information content (AvgIpc) is 2.08. The number of hydrogen-bond acceptors (Lipinski definition) is 2. The van der Waals surface area contributed by atoms with Crippen LogP contribution in [-0.2, 0) is 4.79 Å². The molecule has 1 atom stereocenters. The molecule has 0 aliphatic heterocycles. The van der Waals surface area contributed by atoms with Gasteiger partial charge in [-0.1, -0.05) is 26.5 Å². The lowest BCUT2D eigenvalue weighted by Crippen LogP contribution is -2.29. The number of carbonyl (C=O) groups is 1. The van der Waals surface area contributed by atoms with Gasteiger partial charge in [-0.2, -0.15) is 0 Å². The molecule has 2 heteroatoms. The first-order valence-corrected chi connectivity index (χ1v) is 5.48. The lowest BCUT2D eigenvalue weighted by molar-refractivity contribution is -0.107. The van der Waals surface area contributed by atoms with E-state index in [0.717, 1.165) is 24.7 Å².